The smallest absolute Gasteiger partial charge is 0.270 e. The van der Waals surface area contributed by atoms with Gasteiger partial charge in [-0.05, 0) is 50.2 Å². The molecule has 2 fully saturated rings. The summed E-state index contributed by atoms with van der Waals surface area (Å²) in [7, 11) is -3.77. The van der Waals surface area contributed by atoms with Crippen LogP contribution in [0.25, 0.3) is 0 Å². The summed E-state index contributed by atoms with van der Waals surface area (Å²) in [6, 6.07) is 14.8. The van der Waals surface area contributed by atoms with Crippen LogP contribution in [0.5, 0.6) is 0 Å². The minimum absolute atomic E-state index is 0.0743. The predicted octanol–water partition coefficient (Wildman–Crippen LogP) is 3.98. The normalized spacial score (nSPS) is 20.0. The SMILES string of the molecule is O=[N+]([O-])c1ccc(N2CCC[C@H]2CCc2ccccc2)c(S(=O)(=O)N2CCCC2)c1. The number of hydrogen-bond donors (Lipinski definition) is 0. The number of nitro benzene ring substituents is 1. The van der Waals surface area contributed by atoms with E-state index in [9.17, 15) is 18.5 Å². The average Bonchev–Trinajstić information content (AvgIpc) is 3.45. The van der Waals surface area contributed by atoms with Gasteiger partial charge in [-0.1, -0.05) is 30.3 Å². The quantitative estimate of drug-likeness (QED) is 0.491. The van der Waals surface area contributed by atoms with Crippen molar-refractivity contribution in [2.75, 3.05) is 24.5 Å². The second-order valence-corrected chi connectivity index (χ2v) is 9.94. The van der Waals surface area contributed by atoms with Crippen molar-refractivity contribution in [2.24, 2.45) is 0 Å². The standard InChI is InChI=1S/C22H27N3O4S/c26-25(27)20-12-13-21(22(17-20)30(28,29)23-14-4-5-15-23)24-16-6-9-19(24)11-10-18-7-2-1-3-8-18/h1-3,7-8,12-13,17,19H,4-6,9-11,14-16H2/t19-/m0/s1. The summed E-state index contributed by atoms with van der Waals surface area (Å²) >= 11 is 0. The first-order chi connectivity index (χ1) is 14.5. The molecule has 4 rings (SSSR count). The Morgan fingerprint density at radius 2 is 1.73 bits per heavy atom. The second kappa shape index (κ2) is 8.73. The van der Waals surface area contributed by atoms with Gasteiger partial charge in [0.15, 0.2) is 0 Å². The van der Waals surface area contributed by atoms with Gasteiger partial charge in [0.2, 0.25) is 10.0 Å². The van der Waals surface area contributed by atoms with Crippen molar-refractivity contribution < 1.29 is 13.3 Å². The lowest BCUT2D eigenvalue weighted by atomic mass is 10.0. The zero-order chi connectivity index (χ0) is 21.1. The van der Waals surface area contributed by atoms with Gasteiger partial charge in [-0.3, -0.25) is 10.1 Å². The summed E-state index contributed by atoms with van der Waals surface area (Å²) in [6.45, 7) is 1.71. The van der Waals surface area contributed by atoms with E-state index in [0.717, 1.165) is 45.1 Å². The van der Waals surface area contributed by atoms with Gasteiger partial charge >= 0.3 is 0 Å². The molecule has 1 atom stereocenters. The van der Waals surface area contributed by atoms with E-state index in [4.69, 9.17) is 0 Å². The molecule has 0 amide bonds. The van der Waals surface area contributed by atoms with E-state index in [1.807, 2.05) is 18.2 Å². The Labute approximate surface area is 177 Å². The molecule has 0 saturated carbocycles. The van der Waals surface area contributed by atoms with E-state index in [1.54, 1.807) is 6.07 Å². The van der Waals surface area contributed by atoms with Crippen LogP contribution in [0.15, 0.2) is 53.4 Å². The number of sulfonamides is 1. The molecule has 0 bridgehead atoms. The molecule has 0 aromatic heterocycles. The molecule has 30 heavy (non-hydrogen) atoms. The largest absolute Gasteiger partial charge is 0.367 e. The summed E-state index contributed by atoms with van der Waals surface area (Å²) in [6.07, 6.45) is 5.47. The second-order valence-electron chi connectivity index (χ2n) is 8.03. The van der Waals surface area contributed by atoms with E-state index in [2.05, 4.69) is 17.0 Å². The van der Waals surface area contributed by atoms with E-state index in [-0.39, 0.29) is 16.6 Å². The fourth-order valence-corrected chi connectivity index (χ4v) is 6.30. The van der Waals surface area contributed by atoms with Gasteiger partial charge < -0.3 is 4.90 Å². The molecule has 0 spiro atoms. The van der Waals surface area contributed by atoms with E-state index < -0.39 is 14.9 Å². The van der Waals surface area contributed by atoms with Gasteiger partial charge in [-0.2, -0.15) is 4.31 Å². The molecule has 2 saturated heterocycles. The lowest BCUT2D eigenvalue weighted by molar-refractivity contribution is -0.385. The van der Waals surface area contributed by atoms with Crippen molar-refractivity contribution in [1.29, 1.82) is 0 Å². The Balaban J connectivity index is 1.65. The molecule has 2 aliphatic rings. The van der Waals surface area contributed by atoms with Crippen LogP contribution < -0.4 is 4.90 Å². The lowest BCUT2D eigenvalue weighted by Gasteiger charge is -2.29. The van der Waals surface area contributed by atoms with Crippen LogP contribution in [0.4, 0.5) is 11.4 Å². The van der Waals surface area contributed by atoms with Gasteiger partial charge in [-0.15, -0.1) is 0 Å². The highest BCUT2D eigenvalue weighted by molar-refractivity contribution is 7.89. The molecule has 2 aromatic rings. The summed E-state index contributed by atoms with van der Waals surface area (Å²) in [5.41, 5.74) is 1.68. The summed E-state index contributed by atoms with van der Waals surface area (Å²) in [5.74, 6) is 0. The van der Waals surface area contributed by atoms with Crippen LogP contribution in [0, 0.1) is 10.1 Å². The maximum Gasteiger partial charge on any atom is 0.270 e. The zero-order valence-corrected chi connectivity index (χ0v) is 17.8. The molecule has 2 aromatic carbocycles. The first kappa shape index (κ1) is 20.8. The van der Waals surface area contributed by atoms with Crippen LogP contribution in [0.1, 0.15) is 37.7 Å². The van der Waals surface area contributed by atoms with Gasteiger partial charge in [0.05, 0.1) is 10.6 Å². The average molecular weight is 430 g/mol. The van der Waals surface area contributed by atoms with Gasteiger partial charge in [0, 0.05) is 37.8 Å². The van der Waals surface area contributed by atoms with E-state index in [1.165, 1.54) is 22.0 Å². The molecule has 0 unspecified atom stereocenters. The summed E-state index contributed by atoms with van der Waals surface area (Å²) in [4.78, 5) is 13.0. The van der Waals surface area contributed by atoms with Gasteiger partial charge in [-0.25, -0.2) is 8.42 Å². The van der Waals surface area contributed by atoms with E-state index >= 15 is 0 Å². The Hall–Kier alpha value is -2.45. The van der Waals surface area contributed by atoms with Crippen molar-refractivity contribution in [3.05, 3.63) is 64.2 Å². The van der Waals surface area contributed by atoms with Crippen molar-refractivity contribution in [2.45, 2.75) is 49.5 Å². The fourth-order valence-electron chi connectivity index (χ4n) is 4.56. The maximum atomic E-state index is 13.3. The number of rotatable bonds is 7. The third-order valence-electron chi connectivity index (χ3n) is 6.13. The van der Waals surface area contributed by atoms with Crippen LogP contribution in [-0.4, -0.2) is 43.3 Å². The molecule has 7 nitrogen and oxygen atoms in total. The Kier molecular flexibility index (Phi) is 6.06. The van der Waals surface area contributed by atoms with Crippen LogP contribution in [-0.2, 0) is 16.4 Å². The van der Waals surface area contributed by atoms with Crippen molar-refractivity contribution in [3.63, 3.8) is 0 Å². The number of aryl methyl sites for hydroxylation is 1. The number of anilines is 1. The Bertz CT molecular complexity index is 1000. The third kappa shape index (κ3) is 4.20. The molecule has 2 aliphatic heterocycles. The van der Waals surface area contributed by atoms with Crippen molar-refractivity contribution >= 4 is 21.4 Å². The highest BCUT2D eigenvalue weighted by Crippen LogP contribution is 2.37. The predicted molar refractivity (Wildman–Crippen MR) is 116 cm³/mol. The Morgan fingerprint density at radius 1 is 1.00 bits per heavy atom. The van der Waals surface area contributed by atoms with Crippen LogP contribution in [0.2, 0.25) is 0 Å². The molecule has 0 radical (unpaired) electrons. The van der Waals surface area contributed by atoms with Crippen molar-refractivity contribution in [3.8, 4) is 0 Å². The van der Waals surface area contributed by atoms with Gasteiger partial charge in [0.1, 0.15) is 4.90 Å². The van der Waals surface area contributed by atoms with Gasteiger partial charge in [0.25, 0.3) is 5.69 Å². The minimum Gasteiger partial charge on any atom is -0.367 e. The highest BCUT2D eigenvalue weighted by atomic mass is 32.2. The monoisotopic (exact) mass is 429 g/mol. The molecule has 0 aliphatic carbocycles. The number of hydrogen-bond acceptors (Lipinski definition) is 5. The minimum atomic E-state index is -3.77. The van der Waals surface area contributed by atoms with Crippen molar-refractivity contribution in [1.82, 2.24) is 4.31 Å². The topological polar surface area (TPSA) is 83.8 Å². The maximum absolute atomic E-state index is 13.3. The molecular weight excluding hydrogens is 402 g/mol. The summed E-state index contributed by atoms with van der Waals surface area (Å²) < 4.78 is 28.2. The highest BCUT2D eigenvalue weighted by Gasteiger charge is 2.35. The summed E-state index contributed by atoms with van der Waals surface area (Å²) in [5, 5.41) is 11.3. The zero-order valence-electron chi connectivity index (χ0n) is 16.9. The molecule has 2 heterocycles. The molecular formula is C22H27N3O4S. The Morgan fingerprint density at radius 3 is 2.43 bits per heavy atom. The number of nitro groups is 1. The third-order valence-corrected chi connectivity index (χ3v) is 8.06. The number of benzene rings is 2. The van der Waals surface area contributed by atoms with Crippen LogP contribution in [0.3, 0.4) is 0 Å². The first-order valence-corrected chi connectivity index (χ1v) is 12.0. The number of nitrogens with zero attached hydrogens (tertiary/aromatic N) is 3. The van der Waals surface area contributed by atoms with E-state index in [0.29, 0.717) is 18.8 Å². The fraction of sp³-hybridized carbons (Fsp3) is 0.455. The lowest BCUT2D eigenvalue weighted by Crippen LogP contribution is -2.34. The molecule has 160 valence electrons. The first-order valence-electron chi connectivity index (χ1n) is 10.6. The van der Waals surface area contributed by atoms with Crippen LogP contribution >= 0.6 is 0 Å². The number of non-ortho nitro benzene ring substituents is 1. The molecule has 8 heteroatoms. The molecule has 0 N–H and O–H groups in total.